The van der Waals surface area contributed by atoms with Crippen molar-refractivity contribution in [2.75, 3.05) is 24.6 Å². The fourth-order valence-electron chi connectivity index (χ4n) is 3.69. The van der Waals surface area contributed by atoms with Gasteiger partial charge in [-0.2, -0.15) is 0 Å². The molecule has 0 N–H and O–H groups in total. The van der Waals surface area contributed by atoms with E-state index in [1.54, 1.807) is 0 Å². The second kappa shape index (κ2) is 7.35. The van der Waals surface area contributed by atoms with E-state index in [9.17, 15) is 4.79 Å². The number of hydrogen-bond acceptors (Lipinski definition) is 5. The molecule has 0 aliphatic carbocycles. The second-order valence-electron chi connectivity index (χ2n) is 8.04. The third kappa shape index (κ3) is 3.98. The number of pyridine rings is 1. The molecule has 1 aromatic heterocycles. The number of hydrogen-bond donors (Lipinski definition) is 0. The van der Waals surface area contributed by atoms with Gasteiger partial charge in [0, 0.05) is 30.2 Å². The number of nitrogens with zero attached hydrogens (tertiary/aromatic N) is 3. The number of carbonyl (C=O) groups is 1. The molecule has 0 radical (unpaired) electrons. The molecular weight excluding hydrogens is 398 g/mol. The number of aromatic nitrogens is 1. The van der Waals surface area contributed by atoms with Crippen LogP contribution in [-0.4, -0.2) is 53.4 Å². The minimum Gasteiger partial charge on any atom is -0.444 e. The lowest BCUT2D eigenvalue weighted by molar-refractivity contribution is 0.0191. The average molecular weight is 426 g/mol. The van der Waals surface area contributed by atoms with E-state index < -0.39 is 5.60 Å². The topological polar surface area (TPSA) is 54.9 Å². The standard InChI is InChI=1S/C19H28BrN3O3/c1-6-25-11-16-15(20)8-13-7-14-10-22(18(24)26-19(3,4)5)9-12(2)23(14)17(13)21-16/h8,12,14H,6-7,9-11H2,1-5H3/t12-,14-/m1/s1. The summed E-state index contributed by atoms with van der Waals surface area (Å²) >= 11 is 3.62. The van der Waals surface area contributed by atoms with Gasteiger partial charge in [-0.05, 0) is 68.6 Å². The van der Waals surface area contributed by atoms with Crippen molar-refractivity contribution < 1.29 is 14.3 Å². The molecule has 26 heavy (non-hydrogen) atoms. The van der Waals surface area contributed by atoms with E-state index in [1.165, 1.54) is 5.56 Å². The monoisotopic (exact) mass is 425 g/mol. The number of anilines is 1. The minimum atomic E-state index is -0.476. The lowest BCUT2D eigenvalue weighted by Gasteiger charge is -2.43. The average Bonchev–Trinajstić information content (AvgIpc) is 2.88. The molecule has 1 fully saturated rings. The summed E-state index contributed by atoms with van der Waals surface area (Å²) in [6.07, 6.45) is 0.658. The number of rotatable bonds is 3. The van der Waals surface area contributed by atoms with Gasteiger partial charge in [-0.3, -0.25) is 0 Å². The summed E-state index contributed by atoms with van der Waals surface area (Å²) in [5.41, 5.74) is 1.67. The summed E-state index contributed by atoms with van der Waals surface area (Å²) in [7, 11) is 0. The van der Waals surface area contributed by atoms with E-state index >= 15 is 0 Å². The first-order valence-electron chi connectivity index (χ1n) is 9.22. The molecular formula is C19H28BrN3O3. The molecule has 0 bridgehead atoms. The Kier molecular flexibility index (Phi) is 5.49. The van der Waals surface area contributed by atoms with Crippen LogP contribution in [0.5, 0.6) is 0 Å². The van der Waals surface area contributed by atoms with Crippen molar-refractivity contribution in [1.29, 1.82) is 0 Å². The molecule has 2 atom stereocenters. The summed E-state index contributed by atoms with van der Waals surface area (Å²) in [6, 6.07) is 2.58. The fraction of sp³-hybridized carbons (Fsp3) is 0.684. The van der Waals surface area contributed by atoms with Crippen molar-refractivity contribution in [3.63, 3.8) is 0 Å². The lowest BCUT2D eigenvalue weighted by atomic mass is 10.1. The van der Waals surface area contributed by atoms with Gasteiger partial charge in [-0.15, -0.1) is 0 Å². The van der Waals surface area contributed by atoms with E-state index in [4.69, 9.17) is 14.5 Å². The Balaban J connectivity index is 1.78. The molecule has 7 heteroatoms. The van der Waals surface area contributed by atoms with Crippen LogP contribution in [-0.2, 0) is 22.5 Å². The lowest BCUT2D eigenvalue weighted by Crippen LogP contribution is -2.58. The molecule has 0 aromatic carbocycles. The van der Waals surface area contributed by atoms with Gasteiger partial charge in [0.25, 0.3) is 0 Å². The van der Waals surface area contributed by atoms with Crippen LogP contribution in [0.25, 0.3) is 0 Å². The van der Waals surface area contributed by atoms with Crippen LogP contribution in [0.3, 0.4) is 0 Å². The molecule has 2 aliphatic heterocycles. The third-order valence-electron chi connectivity index (χ3n) is 4.68. The van der Waals surface area contributed by atoms with Crippen molar-refractivity contribution in [1.82, 2.24) is 9.88 Å². The van der Waals surface area contributed by atoms with E-state index in [2.05, 4.69) is 33.8 Å². The first kappa shape index (κ1) is 19.4. The Hall–Kier alpha value is -1.34. The van der Waals surface area contributed by atoms with Gasteiger partial charge in [0.2, 0.25) is 0 Å². The smallest absolute Gasteiger partial charge is 0.410 e. The number of amides is 1. The largest absolute Gasteiger partial charge is 0.444 e. The Morgan fingerprint density at radius 1 is 1.38 bits per heavy atom. The zero-order valence-corrected chi connectivity index (χ0v) is 17.8. The number of carbonyl (C=O) groups excluding carboxylic acids is 1. The molecule has 1 aromatic rings. The molecule has 1 saturated heterocycles. The van der Waals surface area contributed by atoms with Crippen molar-refractivity contribution >= 4 is 27.8 Å². The molecule has 3 heterocycles. The molecule has 0 spiro atoms. The molecule has 2 aliphatic rings. The Morgan fingerprint density at radius 3 is 2.77 bits per heavy atom. The first-order chi connectivity index (χ1) is 12.2. The van der Waals surface area contributed by atoms with E-state index in [-0.39, 0.29) is 18.2 Å². The molecule has 0 saturated carbocycles. The zero-order chi connectivity index (χ0) is 19.1. The van der Waals surface area contributed by atoms with Gasteiger partial charge in [0.1, 0.15) is 11.4 Å². The van der Waals surface area contributed by atoms with Crippen LogP contribution in [0.2, 0.25) is 0 Å². The van der Waals surface area contributed by atoms with Crippen molar-refractivity contribution in [2.45, 2.75) is 65.3 Å². The number of ether oxygens (including phenoxy) is 2. The summed E-state index contributed by atoms with van der Waals surface area (Å²) in [5, 5.41) is 0. The van der Waals surface area contributed by atoms with Crippen LogP contribution in [0.4, 0.5) is 10.6 Å². The third-order valence-corrected chi connectivity index (χ3v) is 5.37. The maximum Gasteiger partial charge on any atom is 0.410 e. The maximum atomic E-state index is 12.5. The molecule has 6 nitrogen and oxygen atoms in total. The van der Waals surface area contributed by atoms with Crippen molar-refractivity contribution in [3.8, 4) is 0 Å². The fourth-order valence-corrected chi connectivity index (χ4v) is 4.16. The minimum absolute atomic E-state index is 0.191. The van der Waals surface area contributed by atoms with Gasteiger partial charge in [-0.25, -0.2) is 9.78 Å². The predicted molar refractivity (Wildman–Crippen MR) is 105 cm³/mol. The highest BCUT2D eigenvalue weighted by molar-refractivity contribution is 9.10. The molecule has 144 valence electrons. The van der Waals surface area contributed by atoms with E-state index in [0.29, 0.717) is 26.3 Å². The van der Waals surface area contributed by atoms with Crippen LogP contribution < -0.4 is 4.90 Å². The summed E-state index contributed by atoms with van der Waals surface area (Å²) < 4.78 is 12.1. The molecule has 1 amide bonds. The predicted octanol–water partition coefficient (Wildman–Crippen LogP) is 3.75. The number of piperazine rings is 1. The van der Waals surface area contributed by atoms with Crippen LogP contribution in [0.1, 0.15) is 45.9 Å². The maximum absolute atomic E-state index is 12.5. The van der Waals surface area contributed by atoms with Crippen LogP contribution in [0, 0.1) is 0 Å². The Bertz CT molecular complexity index is 689. The van der Waals surface area contributed by atoms with Crippen molar-refractivity contribution in [3.05, 3.63) is 21.8 Å². The normalized spacial score (nSPS) is 22.2. The van der Waals surface area contributed by atoms with E-state index in [1.807, 2.05) is 32.6 Å². The highest BCUT2D eigenvalue weighted by atomic mass is 79.9. The Labute approximate surface area is 164 Å². The van der Waals surface area contributed by atoms with Crippen LogP contribution in [0.15, 0.2) is 10.5 Å². The highest BCUT2D eigenvalue weighted by Crippen LogP contribution is 2.37. The molecule has 3 rings (SSSR count). The molecule has 0 unspecified atom stereocenters. The van der Waals surface area contributed by atoms with Gasteiger partial charge >= 0.3 is 6.09 Å². The second-order valence-corrected chi connectivity index (χ2v) is 8.89. The van der Waals surface area contributed by atoms with Crippen molar-refractivity contribution in [2.24, 2.45) is 0 Å². The Morgan fingerprint density at radius 2 is 2.12 bits per heavy atom. The van der Waals surface area contributed by atoms with Gasteiger partial charge in [0.05, 0.1) is 18.3 Å². The van der Waals surface area contributed by atoms with Gasteiger partial charge in [0.15, 0.2) is 0 Å². The zero-order valence-electron chi connectivity index (χ0n) is 16.2. The summed E-state index contributed by atoms with van der Waals surface area (Å²) in [6.45, 7) is 12.3. The van der Waals surface area contributed by atoms with E-state index in [0.717, 1.165) is 22.4 Å². The summed E-state index contributed by atoms with van der Waals surface area (Å²) in [5.74, 6) is 1.03. The first-order valence-corrected chi connectivity index (χ1v) is 10.0. The number of halogens is 1. The highest BCUT2D eigenvalue weighted by Gasteiger charge is 2.41. The number of fused-ring (bicyclic) bond motifs is 3. The van der Waals surface area contributed by atoms with Gasteiger partial charge < -0.3 is 19.3 Å². The van der Waals surface area contributed by atoms with Gasteiger partial charge in [-0.1, -0.05) is 0 Å². The quantitative estimate of drug-likeness (QED) is 0.737. The SMILES string of the molecule is CCOCc1nc2c(cc1Br)C[C@@H]1CN(C(=O)OC(C)(C)C)C[C@@H](C)N21. The van der Waals surface area contributed by atoms with Crippen LogP contribution >= 0.6 is 15.9 Å². The summed E-state index contributed by atoms with van der Waals surface area (Å²) in [4.78, 5) is 21.6.